The quantitative estimate of drug-likeness (QED) is 0.296. The van der Waals surface area contributed by atoms with Gasteiger partial charge in [0.2, 0.25) is 0 Å². The van der Waals surface area contributed by atoms with Crippen molar-refractivity contribution in [3.05, 3.63) is 112 Å². The van der Waals surface area contributed by atoms with Crippen LogP contribution >= 0.6 is 23.2 Å². The smallest absolute Gasteiger partial charge is 0.261 e. The van der Waals surface area contributed by atoms with Crippen molar-refractivity contribution in [3.63, 3.8) is 0 Å². The van der Waals surface area contributed by atoms with E-state index >= 15 is 0 Å². The summed E-state index contributed by atoms with van der Waals surface area (Å²) in [6.07, 6.45) is 1.96. The van der Waals surface area contributed by atoms with Crippen LogP contribution in [0.3, 0.4) is 0 Å². The zero-order chi connectivity index (χ0) is 24.3. The van der Waals surface area contributed by atoms with Gasteiger partial charge >= 0.3 is 0 Å². The van der Waals surface area contributed by atoms with Crippen molar-refractivity contribution in [2.24, 2.45) is 5.73 Å². The molecule has 0 aliphatic heterocycles. The second kappa shape index (κ2) is 10.1. The molecular weight excluding hydrogens is 479 g/mol. The largest absolute Gasteiger partial charge is 0.403 e. The van der Waals surface area contributed by atoms with Crippen LogP contribution in [-0.4, -0.2) is 12.9 Å². The lowest BCUT2D eigenvalue weighted by atomic mass is 10.2. The Hall–Kier alpha value is -2.34. The molecule has 0 saturated heterocycles. The molecule has 0 unspecified atom stereocenters. The minimum Gasteiger partial charge on any atom is -0.403 e. The van der Waals surface area contributed by atoms with Crippen LogP contribution in [0.2, 0.25) is 15.1 Å². The summed E-state index contributed by atoms with van der Waals surface area (Å²) in [6.45, 7) is 7.49. The molecule has 3 aromatic carbocycles. The molecule has 4 aromatic rings. The van der Waals surface area contributed by atoms with Crippen LogP contribution in [0.25, 0.3) is 5.69 Å². The fourth-order valence-corrected chi connectivity index (χ4v) is 9.75. The Balaban J connectivity index is 1.83. The lowest BCUT2D eigenvalue weighted by Gasteiger charge is -2.43. The summed E-state index contributed by atoms with van der Waals surface area (Å²) in [5.74, 6) is 0. The molecule has 0 fully saturated rings. The average Bonchev–Trinajstić information content (AvgIpc) is 3.30. The van der Waals surface area contributed by atoms with Crippen LogP contribution in [-0.2, 0) is 17.6 Å². The van der Waals surface area contributed by atoms with Crippen molar-refractivity contribution in [2.45, 2.75) is 39.0 Å². The van der Waals surface area contributed by atoms with Gasteiger partial charge in [0.1, 0.15) is 0 Å². The molecule has 1 heterocycles. The zero-order valence-electron chi connectivity index (χ0n) is 19.8. The average molecular weight is 510 g/mol. The van der Waals surface area contributed by atoms with Crippen molar-refractivity contribution in [1.29, 1.82) is 0 Å². The SMILES string of the molecule is CC(C)(C)[Si](OCc1c(Cl)ccc(-n2cccc2CN)c1Cl)(c1ccccc1)c1ccccc1. The van der Waals surface area contributed by atoms with Gasteiger partial charge in [0.25, 0.3) is 8.32 Å². The highest BCUT2D eigenvalue weighted by Gasteiger charge is 2.50. The summed E-state index contributed by atoms with van der Waals surface area (Å²) < 4.78 is 9.08. The van der Waals surface area contributed by atoms with E-state index in [-0.39, 0.29) is 5.04 Å². The number of nitrogens with zero attached hydrogens (tertiary/aromatic N) is 1. The Morgan fingerprint density at radius 3 is 1.94 bits per heavy atom. The molecule has 3 nitrogen and oxygen atoms in total. The number of hydrogen-bond donors (Lipinski definition) is 1. The molecule has 0 saturated carbocycles. The van der Waals surface area contributed by atoms with Crippen molar-refractivity contribution in [2.75, 3.05) is 0 Å². The van der Waals surface area contributed by atoms with Crippen molar-refractivity contribution >= 4 is 41.9 Å². The Morgan fingerprint density at radius 2 is 1.41 bits per heavy atom. The van der Waals surface area contributed by atoms with E-state index in [1.165, 1.54) is 10.4 Å². The van der Waals surface area contributed by atoms with Gasteiger partial charge in [0.05, 0.1) is 17.3 Å². The molecule has 6 heteroatoms. The predicted octanol–water partition coefficient (Wildman–Crippen LogP) is 6.32. The van der Waals surface area contributed by atoms with E-state index in [2.05, 4.69) is 69.3 Å². The van der Waals surface area contributed by atoms with Gasteiger partial charge in [-0.25, -0.2) is 0 Å². The van der Waals surface area contributed by atoms with Crippen molar-refractivity contribution < 1.29 is 4.43 Å². The second-order valence-corrected chi connectivity index (χ2v) is 14.5. The first-order chi connectivity index (χ1) is 16.3. The molecular formula is C28H30Cl2N2OSi. The van der Waals surface area contributed by atoms with Gasteiger partial charge in [-0.05, 0) is 39.7 Å². The normalized spacial score (nSPS) is 12.2. The van der Waals surface area contributed by atoms with Gasteiger partial charge in [-0.1, -0.05) is 105 Å². The Bertz CT molecular complexity index is 1210. The third kappa shape index (κ3) is 4.49. The summed E-state index contributed by atoms with van der Waals surface area (Å²) in [6, 6.07) is 28.9. The number of rotatable bonds is 7. The van der Waals surface area contributed by atoms with Crippen molar-refractivity contribution in [3.8, 4) is 5.69 Å². The summed E-state index contributed by atoms with van der Waals surface area (Å²) in [5.41, 5.74) is 8.54. The van der Waals surface area contributed by atoms with Crippen molar-refractivity contribution in [1.82, 2.24) is 4.57 Å². The van der Waals surface area contributed by atoms with Gasteiger partial charge < -0.3 is 14.7 Å². The van der Waals surface area contributed by atoms with Crippen LogP contribution in [0.4, 0.5) is 0 Å². The van der Waals surface area contributed by atoms with Gasteiger partial charge in [-0.2, -0.15) is 0 Å². The molecule has 34 heavy (non-hydrogen) atoms. The van der Waals surface area contributed by atoms with Gasteiger partial charge in [-0.15, -0.1) is 0 Å². The van der Waals surface area contributed by atoms with E-state index in [1.54, 1.807) is 0 Å². The maximum atomic E-state index is 7.08. The third-order valence-corrected chi connectivity index (χ3v) is 12.1. The molecule has 1 aromatic heterocycles. The van der Waals surface area contributed by atoms with Crippen LogP contribution in [0.1, 0.15) is 32.0 Å². The summed E-state index contributed by atoms with van der Waals surface area (Å²) >= 11 is 13.6. The molecule has 0 aliphatic carbocycles. The predicted molar refractivity (Wildman–Crippen MR) is 146 cm³/mol. The Kier molecular flexibility index (Phi) is 7.36. The van der Waals surface area contributed by atoms with E-state index in [1.807, 2.05) is 47.2 Å². The van der Waals surface area contributed by atoms with Gasteiger partial charge in [-0.3, -0.25) is 0 Å². The van der Waals surface area contributed by atoms with E-state index < -0.39 is 8.32 Å². The van der Waals surface area contributed by atoms with Crippen LogP contribution < -0.4 is 16.1 Å². The van der Waals surface area contributed by atoms with E-state index in [0.717, 1.165) is 16.9 Å². The first kappa shape index (κ1) is 24.8. The fourth-order valence-electron chi connectivity index (χ4n) is 4.66. The third-order valence-electron chi connectivity index (χ3n) is 6.32. The molecule has 0 atom stereocenters. The van der Waals surface area contributed by atoms with Gasteiger partial charge in [0, 0.05) is 29.0 Å². The number of aromatic nitrogens is 1. The number of halogens is 2. The molecule has 0 radical (unpaired) electrons. The molecule has 4 rings (SSSR count). The van der Waals surface area contributed by atoms with Crippen LogP contribution in [0.15, 0.2) is 91.1 Å². The number of benzene rings is 3. The maximum absolute atomic E-state index is 7.08. The standard InChI is InChI=1S/C28H30Cl2N2OSi/c1-28(2,3)34(22-12-6-4-7-13-22,23-14-8-5-9-15-23)33-20-24-25(29)16-17-26(27(24)30)32-18-10-11-21(32)19-31/h4-18H,19-20,31H2,1-3H3. The molecule has 0 amide bonds. The molecule has 176 valence electrons. The lowest BCUT2D eigenvalue weighted by Crippen LogP contribution is -2.66. The van der Waals surface area contributed by atoms with E-state index in [9.17, 15) is 0 Å². The highest BCUT2D eigenvalue weighted by Crippen LogP contribution is 2.39. The summed E-state index contributed by atoms with van der Waals surface area (Å²) in [7, 11) is -2.72. The zero-order valence-corrected chi connectivity index (χ0v) is 22.3. The monoisotopic (exact) mass is 508 g/mol. The number of hydrogen-bond acceptors (Lipinski definition) is 2. The molecule has 0 aliphatic rings. The first-order valence-corrected chi connectivity index (χ1v) is 14.0. The fraction of sp³-hybridized carbons (Fsp3) is 0.214. The lowest BCUT2D eigenvalue weighted by molar-refractivity contribution is 0.286. The van der Waals surface area contributed by atoms with Crippen LogP contribution in [0, 0.1) is 0 Å². The van der Waals surface area contributed by atoms with Crippen LogP contribution in [0.5, 0.6) is 0 Å². The summed E-state index contributed by atoms with van der Waals surface area (Å²) in [4.78, 5) is 0. The minimum atomic E-state index is -2.72. The topological polar surface area (TPSA) is 40.2 Å². The Morgan fingerprint density at radius 1 is 0.824 bits per heavy atom. The highest BCUT2D eigenvalue weighted by molar-refractivity contribution is 6.99. The molecule has 0 bridgehead atoms. The second-order valence-electron chi connectivity index (χ2n) is 9.38. The minimum absolute atomic E-state index is 0.139. The first-order valence-electron chi connectivity index (χ1n) is 11.4. The Labute approximate surface area is 213 Å². The molecule has 2 N–H and O–H groups in total. The maximum Gasteiger partial charge on any atom is 0.261 e. The summed E-state index contributed by atoms with van der Waals surface area (Å²) in [5, 5.41) is 3.46. The van der Waals surface area contributed by atoms with Gasteiger partial charge in [0.15, 0.2) is 0 Å². The van der Waals surface area contributed by atoms with E-state index in [4.69, 9.17) is 33.4 Å². The molecule has 0 spiro atoms. The van der Waals surface area contributed by atoms with E-state index in [0.29, 0.717) is 23.2 Å². The number of nitrogens with two attached hydrogens (primary N) is 1. The highest BCUT2D eigenvalue weighted by atomic mass is 35.5.